The molecular formula is C25H32N2O6S. The van der Waals surface area contributed by atoms with Gasteiger partial charge < -0.3 is 14.8 Å². The van der Waals surface area contributed by atoms with Crippen LogP contribution in [-0.4, -0.2) is 57.5 Å². The van der Waals surface area contributed by atoms with E-state index in [0.29, 0.717) is 13.2 Å². The number of morpholine rings is 1. The van der Waals surface area contributed by atoms with Crippen LogP contribution < -0.4 is 5.32 Å². The number of ether oxygens (including phenoxy) is 2. The molecule has 2 aromatic rings. The van der Waals surface area contributed by atoms with Gasteiger partial charge in [0.15, 0.2) is 6.61 Å². The Kier molecular flexibility index (Phi) is 8.46. The van der Waals surface area contributed by atoms with Crippen molar-refractivity contribution in [1.82, 2.24) is 4.31 Å². The third kappa shape index (κ3) is 6.02. The fraction of sp³-hybridized carbons (Fsp3) is 0.440. The number of carbonyl (C=O) groups is 2. The Balaban J connectivity index is 1.69. The van der Waals surface area contributed by atoms with E-state index in [4.69, 9.17) is 9.47 Å². The number of benzene rings is 2. The first kappa shape index (κ1) is 25.9. The highest BCUT2D eigenvalue weighted by Gasteiger charge is 2.27. The van der Waals surface area contributed by atoms with Crippen molar-refractivity contribution in [3.8, 4) is 0 Å². The lowest BCUT2D eigenvalue weighted by Crippen LogP contribution is -2.40. The van der Waals surface area contributed by atoms with E-state index < -0.39 is 28.5 Å². The normalized spacial score (nSPS) is 14.9. The van der Waals surface area contributed by atoms with Crippen molar-refractivity contribution in [1.29, 1.82) is 0 Å². The Labute approximate surface area is 201 Å². The summed E-state index contributed by atoms with van der Waals surface area (Å²) in [6.07, 6.45) is 0. The quantitative estimate of drug-likeness (QED) is 0.568. The number of anilines is 1. The van der Waals surface area contributed by atoms with Gasteiger partial charge in [0, 0.05) is 18.8 Å². The van der Waals surface area contributed by atoms with Crippen LogP contribution in [0, 0.1) is 0 Å². The molecule has 1 fully saturated rings. The molecule has 184 valence electrons. The standard InChI is InChI=1S/C25H32N2O6S/c1-17(2)21-9-6-10-22(18(3)4)24(21)26-23(28)16-33-25(29)19-7-5-8-20(15-19)34(30,31)27-11-13-32-14-12-27/h5-10,15,17-18H,11-14,16H2,1-4H3,(H,26,28). The highest BCUT2D eigenvalue weighted by Crippen LogP contribution is 2.32. The summed E-state index contributed by atoms with van der Waals surface area (Å²) in [6.45, 7) is 8.88. The van der Waals surface area contributed by atoms with Crippen molar-refractivity contribution in [2.24, 2.45) is 0 Å². The van der Waals surface area contributed by atoms with E-state index in [0.717, 1.165) is 16.8 Å². The molecule has 0 aromatic heterocycles. The van der Waals surface area contributed by atoms with Crippen molar-refractivity contribution >= 4 is 27.6 Å². The first-order valence-corrected chi connectivity index (χ1v) is 12.8. The van der Waals surface area contributed by atoms with Crippen LogP contribution in [-0.2, 0) is 24.3 Å². The van der Waals surface area contributed by atoms with Crippen molar-refractivity contribution in [2.45, 2.75) is 44.4 Å². The maximum atomic E-state index is 12.9. The molecule has 0 saturated carbocycles. The fourth-order valence-corrected chi connectivity index (χ4v) is 5.26. The van der Waals surface area contributed by atoms with Crippen molar-refractivity contribution < 1.29 is 27.5 Å². The van der Waals surface area contributed by atoms with Crippen LogP contribution in [0.15, 0.2) is 47.4 Å². The third-order valence-corrected chi connectivity index (χ3v) is 7.54. The summed E-state index contributed by atoms with van der Waals surface area (Å²) in [5.74, 6) is -0.823. The van der Waals surface area contributed by atoms with Crippen LogP contribution in [0.3, 0.4) is 0 Å². The predicted octanol–water partition coefficient (Wildman–Crippen LogP) is 3.75. The predicted molar refractivity (Wildman–Crippen MR) is 130 cm³/mol. The van der Waals surface area contributed by atoms with Crippen LogP contribution in [0.1, 0.15) is 61.0 Å². The van der Waals surface area contributed by atoms with E-state index >= 15 is 0 Å². The Bertz CT molecular complexity index is 1110. The molecule has 1 saturated heterocycles. The van der Waals surface area contributed by atoms with E-state index in [1.807, 2.05) is 45.9 Å². The Morgan fingerprint density at radius 2 is 1.59 bits per heavy atom. The minimum Gasteiger partial charge on any atom is -0.452 e. The van der Waals surface area contributed by atoms with Gasteiger partial charge in [-0.05, 0) is 41.2 Å². The Morgan fingerprint density at radius 1 is 1.00 bits per heavy atom. The van der Waals surface area contributed by atoms with Gasteiger partial charge in [0.2, 0.25) is 10.0 Å². The summed E-state index contributed by atoms with van der Waals surface area (Å²) < 4.78 is 37.5. The second-order valence-corrected chi connectivity index (χ2v) is 10.7. The molecule has 0 atom stereocenters. The highest BCUT2D eigenvalue weighted by molar-refractivity contribution is 7.89. The number of amides is 1. The van der Waals surface area contributed by atoms with E-state index in [9.17, 15) is 18.0 Å². The lowest BCUT2D eigenvalue weighted by Gasteiger charge is -2.26. The van der Waals surface area contributed by atoms with Crippen molar-refractivity contribution in [2.75, 3.05) is 38.2 Å². The molecule has 1 aliphatic heterocycles. The third-order valence-electron chi connectivity index (χ3n) is 5.65. The number of para-hydroxylation sites is 1. The van der Waals surface area contributed by atoms with E-state index in [-0.39, 0.29) is 35.4 Å². The van der Waals surface area contributed by atoms with Gasteiger partial charge in [-0.2, -0.15) is 4.31 Å². The number of hydrogen-bond acceptors (Lipinski definition) is 6. The van der Waals surface area contributed by atoms with E-state index in [1.54, 1.807) is 0 Å². The molecule has 0 bridgehead atoms. The first-order valence-electron chi connectivity index (χ1n) is 11.4. The van der Waals surface area contributed by atoms with Crippen LogP contribution in [0.5, 0.6) is 0 Å². The van der Waals surface area contributed by atoms with Gasteiger partial charge in [0.25, 0.3) is 5.91 Å². The minimum absolute atomic E-state index is 0.000683. The minimum atomic E-state index is -3.75. The van der Waals surface area contributed by atoms with E-state index in [2.05, 4.69) is 5.32 Å². The summed E-state index contributed by atoms with van der Waals surface area (Å²) in [5, 5.41) is 2.90. The average Bonchev–Trinajstić information content (AvgIpc) is 2.83. The number of hydrogen-bond donors (Lipinski definition) is 1. The van der Waals surface area contributed by atoms with Crippen LogP contribution in [0.4, 0.5) is 5.69 Å². The molecular weight excluding hydrogens is 456 g/mol. The smallest absolute Gasteiger partial charge is 0.338 e. The van der Waals surface area contributed by atoms with Gasteiger partial charge >= 0.3 is 5.97 Å². The summed E-state index contributed by atoms with van der Waals surface area (Å²) in [6, 6.07) is 11.6. The molecule has 1 aliphatic rings. The molecule has 1 heterocycles. The molecule has 1 amide bonds. The maximum Gasteiger partial charge on any atom is 0.338 e. The zero-order chi connectivity index (χ0) is 24.9. The molecule has 3 rings (SSSR count). The van der Waals surface area contributed by atoms with Crippen LogP contribution >= 0.6 is 0 Å². The number of sulfonamides is 1. The number of esters is 1. The maximum absolute atomic E-state index is 12.9. The number of rotatable bonds is 8. The Morgan fingerprint density at radius 3 is 2.18 bits per heavy atom. The molecule has 8 nitrogen and oxygen atoms in total. The number of nitrogens with zero attached hydrogens (tertiary/aromatic N) is 1. The first-order chi connectivity index (χ1) is 16.1. The zero-order valence-electron chi connectivity index (χ0n) is 20.0. The van der Waals surface area contributed by atoms with Gasteiger partial charge in [0.1, 0.15) is 0 Å². The molecule has 0 radical (unpaired) electrons. The van der Waals surface area contributed by atoms with Gasteiger partial charge in [-0.3, -0.25) is 4.79 Å². The summed E-state index contributed by atoms with van der Waals surface area (Å²) in [4.78, 5) is 25.2. The Hall–Kier alpha value is -2.75. The van der Waals surface area contributed by atoms with Crippen molar-refractivity contribution in [3.63, 3.8) is 0 Å². The fourth-order valence-electron chi connectivity index (χ4n) is 3.80. The van der Waals surface area contributed by atoms with Crippen molar-refractivity contribution in [3.05, 3.63) is 59.2 Å². The highest BCUT2D eigenvalue weighted by atomic mass is 32.2. The largest absolute Gasteiger partial charge is 0.452 e. The number of carbonyl (C=O) groups excluding carboxylic acids is 2. The van der Waals surface area contributed by atoms with Crippen LogP contribution in [0.2, 0.25) is 0 Å². The molecule has 34 heavy (non-hydrogen) atoms. The lowest BCUT2D eigenvalue weighted by atomic mass is 9.92. The molecule has 0 spiro atoms. The van der Waals surface area contributed by atoms with E-state index in [1.165, 1.54) is 28.6 Å². The zero-order valence-corrected chi connectivity index (χ0v) is 20.9. The second-order valence-electron chi connectivity index (χ2n) is 8.79. The monoisotopic (exact) mass is 488 g/mol. The summed E-state index contributed by atoms with van der Waals surface area (Å²) in [7, 11) is -3.75. The van der Waals surface area contributed by atoms with Crippen LogP contribution in [0.25, 0.3) is 0 Å². The molecule has 9 heteroatoms. The SMILES string of the molecule is CC(C)c1cccc(C(C)C)c1NC(=O)COC(=O)c1cccc(S(=O)(=O)N2CCOCC2)c1. The average molecular weight is 489 g/mol. The topological polar surface area (TPSA) is 102 Å². The molecule has 1 N–H and O–H groups in total. The molecule has 0 unspecified atom stereocenters. The van der Waals surface area contributed by atoms with Gasteiger partial charge in [-0.25, -0.2) is 13.2 Å². The number of nitrogens with one attached hydrogen (secondary N) is 1. The lowest BCUT2D eigenvalue weighted by molar-refractivity contribution is -0.119. The second kappa shape index (κ2) is 11.1. The molecule has 2 aromatic carbocycles. The van der Waals surface area contributed by atoms with Gasteiger partial charge in [-0.1, -0.05) is 52.0 Å². The summed E-state index contributed by atoms with van der Waals surface area (Å²) >= 11 is 0. The molecule has 0 aliphatic carbocycles. The van der Waals surface area contributed by atoms with Gasteiger partial charge in [0.05, 0.1) is 23.7 Å². The summed E-state index contributed by atoms with van der Waals surface area (Å²) in [5.41, 5.74) is 2.82. The van der Waals surface area contributed by atoms with Gasteiger partial charge in [-0.15, -0.1) is 0 Å².